The molecule has 0 aromatic carbocycles. The van der Waals surface area contributed by atoms with Crippen molar-refractivity contribution in [2.24, 2.45) is 0 Å². The molecule has 1 nitrogen and oxygen atoms in total. The van der Waals surface area contributed by atoms with Crippen molar-refractivity contribution in [2.45, 2.75) is 0 Å². The Morgan fingerprint density at radius 1 is 0.857 bits per heavy atom. The molecule has 0 aliphatic carbocycles. The van der Waals surface area contributed by atoms with E-state index in [4.69, 9.17) is 0 Å². The van der Waals surface area contributed by atoms with Gasteiger partial charge in [0.2, 0.25) is 0 Å². The normalized spacial score (nSPS) is 0.857. The van der Waals surface area contributed by atoms with Crippen LogP contribution in [0.5, 0.6) is 0 Å². The fourth-order valence-corrected chi connectivity index (χ4v) is 0. The van der Waals surface area contributed by atoms with Crippen LogP contribution in [-0.2, 0) is 17.1 Å². The molecule has 7 heavy (non-hydrogen) atoms. The molecule has 0 heterocycles. The molecule has 0 saturated heterocycles. The van der Waals surface area contributed by atoms with Gasteiger partial charge in [0.1, 0.15) is 0 Å². The van der Waals surface area contributed by atoms with Gasteiger partial charge in [-0.25, -0.2) is 0 Å². The minimum atomic E-state index is 0. The molecule has 0 unspecified atom stereocenters. The molecule has 0 rings (SSSR count). The molecule has 0 amide bonds. The van der Waals surface area contributed by atoms with Crippen LogP contribution in [0.1, 0.15) is 0 Å². The fourth-order valence-electron chi connectivity index (χ4n) is 0. The van der Waals surface area contributed by atoms with E-state index in [0.717, 1.165) is 0 Å². The molecule has 0 aromatic heterocycles. The summed E-state index contributed by atoms with van der Waals surface area (Å²) in [4.78, 5) is 0. The molecular formula is C4H15ClMnN-3. The number of hydrogen-bond donors (Lipinski definition) is 1. The van der Waals surface area contributed by atoms with E-state index in [1.54, 1.807) is 0 Å². The Balaban J connectivity index is -0.000000000500. The third kappa shape index (κ3) is 260. The second kappa shape index (κ2) is 381. The summed E-state index contributed by atoms with van der Waals surface area (Å²) in [5, 5.41) is 0. The number of hydrogen-bond acceptors (Lipinski definition) is 0. The predicted octanol–water partition coefficient (Wildman–Crippen LogP) is 2.74. The molecule has 4 N–H and O–H groups in total. The summed E-state index contributed by atoms with van der Waals surface area (Å²) < 4.78 is 0. The van der Waals surface area contributed by atoms with Crippen molar-refractivity contribution in [1.29, 1.82) is 0 Å². The van der Waals surface area contributed by atoms with Crippen molar-refractivity contribution < 1.29 is 17.1 Å². The van der Waals surface area contributed by atoms with Gasteiger partial charge in [-0.2, -0.15) is 0 Å². The van der Waals surface area contributed by atoms with Gasteiger partial charge in [0.05, 0.1) is 0 Å². The quantitative estimate of drug-likeness (QED) is 0.426. The molecule has 0 spiro atoms. The van der Waals surface area contributed by atoms with Crippen LogP contribution < -0.4 is 6.15 Å². The second-order valence-electron chi connectivity index (χ2n) is 0. The van der Waals surface area contributed by atoms with E-state index < -0.39 is 0 Å². The predicted molar refractivity (Wildman–Crippen MR) is 36.4 cm³/mol. The molecule has 3 heteroatoms. The van der Waals surface area contributed by atoms with Crippen LogP contribution in [0.3, 0.4) is 0 Å². The first-order valence-electron chi connectivity index (χ1n) is 0.267. The Hall–Kier alpha value is 0.769. The fraction of sp³-hybridized carbons (Fsp3) is 0. The van der Waals surface area contributed by atoms with Crippen molar-refractivity contribution in [2.75, 3.05) is 0 Å². The Labute approximate surface area is 63.9 Å². The molecule has 0 saturated carbocycles. The van der Waals surface area contributed by atoms with Crippen molar-refractivity contribution in [3.63, 3.8) is 0 Å². The Bertz CT molecular complexity index is 11.7. The third-order valence-electron chi connectivity index (χ3n) is 0. The van der Waals surface area contributed by atoms with Crippen LogP contribution in [0.25, 0.3) is 0 Å². The van der Waals surface area contributed by atoms with Crippen LogP contribution in [0.2, 0.25) is 0 Å². The van der Waals surface area contributed by atoms with Crippen LogP contribution in [-0.4, -0.2) is 0 Å². The summed E-state index contributed by atoms with van der Waals surface area (Å²) in [7, 11) is 0. The van der Waals surface area contributed by atoms with E-state index in [1.807, 2.05) is 0 Å². The smallest absolute Gasteiger partial charge is 0 e. The molecule has 53 valence electrons. The van der Waals surface area contributed by atoms with E-state index in [-0.39, 0.29) is 45.5 Å². The van der Waals surface area contributed by atoms with Gasteiger partial charge in [-0.05, 0) is 0 Å². The molecule has 0 aliphatic rings. The molecule has 0 fully saturated rings. The number of halogens is 1. The number of quaternary nitrogens is 1. The first kappa shape index (κ1) is 114. The van der Waals surface area contributed by atoms with Crippen molar-refractivity contribution >= 4 is 11.6 Å². The first-order valence-corrected chi connectivity index (χ1v) is 0.802. The van der Waals surface area contributed by atoms with Gasteiger partial charge in [-0.15, -0.1) is 0 Å². The van der Waals surface area contributed by atoms with Gasteiger partial charge in [0.25, 0.3) is 0 Å². The molecule has 0 bridgehead atoms. The van der Waals surface area contributed by atoms with Crippen molar-refractivity contribution in [1.82, 2.24) is 6.15 Å². The monoisotopic (exact) mass is 167 g/mol. The van der Waals surface area contributed by atoms with Gasteiger partial charge in [-0.1, -0.05) is 0 Å². The van der Waals surface area contributed by atoms with Crippen molar-refractivity contribution in [3.8, 4) is 0 Å². The topological polar surface area (TPSA) is 36.5 Å². The molecule has 0 aromatic rings. The van der Waals surface area contributed by atoms with Gasteiger partial charge >= 0.3 is 0 Å². The third-order valence-corrected chi connectivity index (χ3v) is 0. The Kier molecular flexibility index (Phi) is 6180. The maximum absolute atomic E-state index is 4.39. The van der Waals surface area contributed by atoms with Crippen LogP contribution in [0.15, 0.2) is 0 Å². The van der Waals surface area contributed by atoms with Gasteiger partial charge in [0.15, 0.2) is 0 Å². The summed E-state index contributed by atoms with van der Waals surface area (Å²) in [6, 6.07) is 0. The van der Waals surface area contributed by atoms with E-state index in [2.05, 4.69) is 18.0 Å². The minimum Gasteiger partial charge on any atom is -0.369 e. The zero-order valence-corrected chi connectivity index (χ0v) is 7.40. The summed E-state index contributed by atoms with van der Waals surface area (Å²) in [6.07, 6.45) is 2.72. The van der Waals surface area contributed by atoms with E-state index in [9.17, 15) is 0 Å². The summed E-state index contributed by atoms with van der Waals surface area (Å²) in [6.45, 7) is 0. The summed E-state index contributed by atoms with van der Waals surface area (Å²) >= 11 is 4.39. The van der Waals surface area contributed by atoms with E-state index >= 15 is 0 Å². The van der Waals surface area contributed by atoms with E-state index in [1.165, 1.54) is 0 Å². The first-order chi connectivity index (χ1) is 1.00. The van der Waals surface area contributed by atoms with Gasteiger partial charge < -0.3 is 40.0 Å². The standard InChI is InChI=1S/CH2Cl.3CH3.Mn.H3N/c1-2;;;;;/h1H2;3*1H3;;1H3/q4*-1;;/p+1. The van der Waals surface area contributed by atoms with Gasteiger partial charge in [-0.3, -0.25) is 6.38 Å². The summed E-state index contributed by atoms with van der Waals surface area (Å²) in [5.41, 5.74) is 0. The average Bonchev–Trinajstić information content (AvgIpc) is 1.00. The van der Waals surface area contributed by atoms with Crippen molar-refractivity contribution in [3.05, 3.63) is 28.7 Å². The second-order valence-corrected chi connectivity index (χ2v) is 0. The maximum Gasteiger partial charge on any atom is 0 e. The summed E-state index contributed by atoms with van der Waals surface area (Å²) in [5.74, 6) is 0. The molecular weight excluding hydrogens is 152 g/mol. The average molecular weight is 168 g/mol. The molecule has 0 aliphatic heterocycles. The minimum absolute atomic E-state index is 0. The zero-order valence-electron chi connectivity index (χ0n) is 5.46. The zero-order chi connectivity index (χ0) is 2.00. The number of rotatable bonds is 0. The van der Waals surface area contributed by atoms with Crippen LogP contribution in [0.4, 0.5) is 0 Å². The molecule has 0 atom stereocenters. The Morgan fingerprint density at radius 2 is 0.857 bits per heavy atom. The van der Waals surface area contributed by atoms with E-state index in [0.29, 0.717) is 0 Å². The maximum atomic E-state index is 4.39. The largest absolute Gasteiger partial charge is 0.369 e. The van der Waals surface area contributed by atoms with Crippen LogP contribution >= 0.6 is 11.6 Å². The molecule has 1 radical (unpaired) electrons. The SMILES string of the molecule is [CH2-]Cl.[CH3-].[CH3-].[CH3-].[Mn].[NH4+]. The Morgan fingerprint density at radius 3 is 0.857 bits per heavy atom. The van der Waals surface area contributed by atoms with Crippen LogP contribution in [0, 0.1) is 28.7 Å². The van der Waals surface area contributed by atoms with Gasteiger partial charge in [0, 0.05) is 17.1 Å².